The SMILES string of the molecule is COc1ccc(CNC(=O)Nc2ccc3[nH]ccc3c2)c(OC)c1. The topological polar surface area (TPSA) is 75.4 Å². The maximum Gasteiger partial charge on any atom is 0.319 e. The van der Waals surface area contributed by atoms with Crippen LogP contribution in [0, 0.1) is 0 Å². The van der Waals surface area contributed by atoms with E-state index in [9.17, 15) is 4.79 Å². The normalized spacial score (nSPS) is 10.4. The molecule has 0 saturated heterocycles. The van der Waals surface area contributed by atoms with E-state index in [1.165, 1.54) is 0 Å². The third-order valence-corrected chi connectivity index (χ3v) is 3.74. The van der Waals surface area contributed by atoms with Gasteiger partial charge in [0.25, 0.3) is 0 Å². The van der Waals surface area contributed by atoms with Crippen molar-refractivity contribution in [2.75, 3.05) is 19.5 Å². The average Bonchev–Trinajstić information content (AvgIpc) is 3.07. The number of aromatic nitrogens is 1. The number of carbonyl (C=O) groups is 1. The minimum atomic E-state index is -0.275. The number of fused-ring (bicyclic) bond motifs is 1. The molecule has 0 aliphatic heterocycles. The van der Waals surface area contributed by atoms with Crippen molar-refractivity contribution in [3.8, 4) is 11.5 Å². The Morgan fingerprint density at radius 2 is 1.96 bits per heavy atom. The molecule has 2 aromatic carbocycles. The molecule has 124 valence electrons. The van der Waals surface area contributed by atoms with Crippen LogP contribution in [0.5, 0.6) is 11.5 Å². The number of carbonyl (C=O) groups excluding carboxylic acids is 1. The lowest BCUT2D eigenvalue weighted by Gasteiger charge is -2.12. The Balaban J connectivity index is 1.63. The summed E-state index contributed by atoms with van der Waals surface area (Å²) in [7, 11) is 3.19. The van der Waals surface area contributed by atoms with Crippen LogP contribution in [0.1, 0.15) is 5.56 Å². The molecule has 3 N–H and O–H groups in total. The largest absolute Gasteiger partial charge is 0.497 e. The molecular formula is C18H19N3O3. The van der Waals surface area contributed by atoms with E-state index < -0.39 is 0 Å². The third-order valence-electron chi connectivity index (χ3n) is 3.74. The van der Waals surface area contributed by atoms with Gasteiger partial charge in [-0.2, -0.15) is 0 Å². The molecule has 1 aromatic heterocycles. The predicted molar refractivity (Wildman–Crippen MR) is 93.7 cm³/mol. The highest BCUT2D eigenvalue weighted by atomic mass is 16.5. The number of aromatic amines is 1. The van der Waals surface area contributed by atoms with Crippen molar-refractivity contribution >= 4 is 22.6 Å². The predicted octanol–water partition coefficient (Wildman–Crippen LogP) is 3.51. The summed E-state index contributed by atoms with van der Waals surface area (Å²) < 4.78 is 10.5. The number of hydrogen-bond acceptors (Lipinski definition) is 3. The first-order valence-electron chi connectivity index (χ1n) is 7.52. The number of rotatable bonds is 5. The van der Waals surface area contributed by atoms with Crippen LogP contribution in [0.25, 0.3) is 10.9 Å². The Morgan fingerprint density at radius 1 is 1.08 bits per heavy atom. The summed E-state index contributed by atoms with van der Waals surface area (Å²) >= 11 is 0. The number of anilines is 1. The van der Waals surface area contributed by atoms with Crippen LogP contribution in [0.2, 0.25) is 0 Å². The molecular weight excluding hydrogens is 306 g/mol. The van der Waals surface area contributed by atoms with Crippen LogP contribution in [-0.4, -0.2) is 25.2 Å². The Bertz CT molecular complexity index is 858. The number of amides is 2. The lowest BCUT2D eigenvalue weighted by Crippen LogP contribution is -2.28. The highest BCUT2D eigenvalue weighted by Gasteiger charge is 2.08. The zero-order chi connectivity index (χ0) is 16.9. The minimum Gasteiger partial charge on any atom is -0.497 e. The molecule has 0 atom stereocenters. The summed E-state index contributed by atoms with van der Waals surface area (Å²) in [4.78, 5) is 15.2. The quantitative estimate of drug-likeness (QED) is 0.672. The van der Waals surface area contributed by atoms with E-state index in [1.807, 2.05) is 42.6 Å². The van der Waals surface area contributed by atoms with Gasteiger partial charge >= 0.3 is 6.03 Å². The second-order valence-electron chi connectivity index (χ2n) is 5.27. The summed E-state index contributed by atoms with van der Waals surface area (Å²) in [6.07, 6.45) is 1.87. The van der Waals surface area contributed by atoms with Gasteiger partial charge in [-0.1, -0.05) is 0 Å². The lowest BCUT2D eigenvalue weighted by atomic mass is 10.2. The van der Waals surface area contributed by atoms with Crippen LogP contribution in [0.4, 0.5) is 10.5 Å². The summed E-state index contributed by atoms with van der Waals surface area (Å²) in [6.45, 7) is 0.353. The van der Waals surface area contributed by atoms with Crippen LogP contribution in [0.3, 0.4) is 0 Å². The molecule has 3 rings (SSSR count). The van der Waals surface area contributed by atoms with E-state index in [2.05, 4.69) is 15.6 Å². The van der Waals surface area contributed by atoms with E-state index in [0.29, 0.717) is 18.0 Å². The number of benzene rings is 2. The number of ether oxygens (including phenoxy) is 2. The smallest absolute Gasteiger partial charge is 0.319 e. The van der Waals surface area contributed by atoms with Gasteiger partial charge in [0.1, 0.15) is 11.5 Å². The van der Waals surface area contributed by atoms with Crippen molar-refractivity contribution in [2.45, 2.75) is 6.54 Å². The second kappa shape index (κ2) is 6.95. The fraction of sp³-hybridized carbons (Fsp3) is 0.167. The monoisotopic (exact) mass is 325 g/mol. The number of nitrogens with one attached hydrogen (secondary N) is 3. The Kier molecular flexibility index (Phi) is 4.56. The van der Waals surface area contributed by atoms with Gasteiger partial charge in [0.15, 0.2) is 0 Å². The zero-order valence-electron chi connectivity index (χ0n) is 13.6. The Morgan fingerprint density at radius 3 is 2.75 bits per heavy atom. The van der Waals surface area contributed by atoms with Gasteiger partial charge in [-0.25, -0.2) is 4.79 Å². The summed E-state index contributed by atoms with van der Waals surface area (Å²) in [5.41, 5.74) is 2.64. The molecule has 0 aliphatic carbocycles. The van der Waals surface area contributed by atoms with Gasteiger partial charge in [-0.05, 0) is 36.4 Å². The molecule has 1 heterocycles. The van der Waals surface area contributed by atoms with Crippen molar-refractivity contribution in [3.05, 3.63) is 54.2 Å². The Labute approximate surface area is 139 Å². The maximum atomic E-state index is 12.1. The average molecular weight is 325 g/mol. The molecule has 0 saturated carbocycles. The number of urea groups is 1. The molecule has 0 aliphatic rings. The molecule has 0 bridgehead atoms. The highest BCUT2D eigenvalue weighted by molar-refractivity contribution is 5.92. The molecule has 24 heavy (non-hydrogen) atoms. The molecule has 2 amide bonds. The van der Waals surface area contributed by atoms with E-state index in [-0.39, 0.29) is 6.03 Å². The molecule has 0 radical (unpaired) electrons. The van der Waals surface area contributed by atoms with Gasteiger partial charge < -0.3 is 25.1 Å². The minimum absolute atomic E-state index is 0.275. The number of hydrogen-bond donors (Lipinski definition) is 3. The van der Waals surface area contributed by atoms with Crippen LogP contribution < -0.4 is 20.1 Å². The molecule has 0 unspecified atom stereocenters. The van der Waals surface area contributed by atoms with Gasteiger partial charge in [-0.3, -0.25) is 0 Å². The van der Waals surface area contributed by atoms with Crippen LogP contribution >= 0.6 is 0 Å². The van der Waals surface area contributed by atoms with Crippen molar-refractivity contribution in [1.29, 1.82) is 0 Å². The fourth-order valence-electron chi connectivity index (χ4n) is 2.48. The van der Waals surface area contributed by atoms with Gasteiger partial charge in [0.05, 0.1) is 14.2 Å². The van der Waals surface area contributed by atoms with E-state index in [1.54, 1.807) is 20.3 Å². The number of methoxy groups -OCH3 is 2. The second-order valence-corrected chi connectivity index (χ2v) is 5.27. The van der Waals surface area contributed by atoms with Crippen molar-refractivity contribution in [2.24, 2.45) is 0 Å². The van der Waals surface area contributed by atoms with E-state index >= 15 is 0 Å². The number of H-pyrrole nitrogens is 1. The summed E-state index contributed by atoms with van der Waals surface area (Å²) in [6, 6.07) is 12.9. The molecule has 0 fully saturated rings. The standard InChI is InChI=1S/C18H19N3O3/c1-23-15-5-3-13(17(10-15)24-2)11-20-18(22)21-14-4-6-16-12(9-14)7-8-19-16/h3-10,19H,11H2,1-2H3,(H2,20,21,22). The first-order chi connectivity index (χ1) is 11.7. The van der Waals surface area contributed by atoms with Crippen LogP contribution in [-0.2, 0) is 6.54 Å². The molecule has 6 nitrogen and oxygen atoms in total. The Hall–Kier alpha value is -3.15. The lowest BCUT2D eigenvalue weighted by molar-refractivity contribution is 0.251. The highest BCUT2D eigenvalue weighted by Crippen LogP contribution is 2.24. The van der Waals surface area contributed by atoms with E-state index in [0.717, 1.165) is 22.2 Å². The van der Waals surface area contributed by atoms with Crippen LogP contribution in [0.15, 0.2) is 48.7 Å². The van der Waals surface area contributed by atoms with Gasteiger partial charge in [0, 0.05) is 41.0 Å². The molecule has 6 heteroatoms. The summed E-state index contributed by atoms with van der Waals surface area (Å²) in [5, 5.41) is 6.69. The van der Waals surface area contributed by atoms with Crippen molar-refractivity contribution in [3.63, 3.8) is 0 Å². The van der Waals surface area contributed by atoms with Crippen molar-refractivity contribution < 1.29 is 14.3 Å². The van der Waals surface area contributed by atoms with Gasteiger partial charge in [-0.15, -0.1) is 0 Å². The van der Waals surface area contributed by atoms with Gasteiger partial charge in [0.2, 0.25) is 0 Å². The maximum absolute atomic E-state index is 12.1. The van der Waals surface area contributed by atoms with Crippen molar-refractivity contribution in [1.82, 2.24) is 10.3 Å². The third kappa shape index (κ3) is 3.43. The zero-order valence-corrected chi connectivity index (χ0v) is 13.6. The summed E-state index contributed by atoms with van der Waals surface area (Å²) in [5.74, 6) is 1.38. The molecule has 0 spiro atoms. The molecule has 3 aromatic rings. The fourth-order valence-corrected chi connectivity index (χ4v) is 2.48. The first-order valence-corrected chi connectivity index (χ1v) is 7.52. The van der Waals surface area contributed by atoms with E-state index in [4.69, 9.17) is 9.47 Å². The first kappa shape index (κ1) is 15.7.